The summed E-state index contributed by atoms with van der Waals surface area (Å²) in [6, 6.07) is 10.5. The maximum absolute atomic E-state index is 13.4. The van der Waals surface area contributed by atoms with Crippen LogP contribution in [0.4, 0.5) is 4.39 Å². The first-order valence-corrected chi connectivity index (χ1v) is 8.85. The van der Waals surface area contributed by atoms with Gasteiger partial charge in [0.05, 0.1) is 6.04 Å². The topological polar surface area (TPSA) is 36.4 Å². The predicted molar refractivity (Wildman–Crippen MR) is 93.0 cm³/mol. The summed E-state index contributed by atoms with van der Waals surface area (Å²) in [6.07, 6.45) is 5.66. The number of halogens is 1. The number of carbonyl (C=O) groups excluding carboxylic acids is 1. The summed E-state index contributed by atoms with van der Waals surface area (Å²) in [4.78, 5) is 21.3. The van der Waals surface area contributed by atoms with E-state index in [0.717, 1.165) is 43.6 Å². The van der Waals surface area contributed by atoms with E-state index in [9.17, 15) is 9.18 Å². The lowest BCUT2D eigenvalue weighted by atomic mass is 9.85. The van der Waals surface area contributed by atoms with Crippen LogP contribution in [0, 0.1) is 11.7 Å². The minimum Gasteiger partial charge on any atom is -0.337 e. The van der Waals surface area contributed by atoms with E-state index in [4.69, 9.17) is 0 Å². The Morgan fingerprint density at radius 2 is 2.04 bits per heavy atom. The summed E-state index contributed by atoms with van der Waals surface area (Å²) in [5.74, 6) is 0.464. The van der Waals surface area contributed by atoms with E-state index in [-0.39, 0.29) is 17.8 Å². The molecule has 2 fully saturated rings. The third-order valence-corrected chi connectivity index (χ3v) is 5.27. The standard InChI is InChI=1S/C20H22FN3O/c21-18-5-1-3-15(9-18)12-24-13-16-6-8-23(19(10-16)20(24)25)14-17-4-2-7-22-11-17/h1-5,7,9,11,16,19H,6,8,10,12-14H2/t16-,19+/m0/s1. The van der Waals surface area contributed by atoms with Gasteiger partial charge in [0.25, 0.3) is 0 Å². The van der Waals surface area contributed by atoms with Gasteiger partial charge in [0.1, 0.15) is 5.82 Å². The van der Waals surface area contributed by atoms with Gasteiger partial charge in [0.15, 0.2) is 0 Å². The highest BCUT2D eigenvalue weighted by Gasteiger charge is 2.41. The molecular formula is C20H22FN3O. The summed E-state index contributed by atoms with van der Waals surface area (Å²) in [5, 5.41) is 0. The molecule has 4 nitrogen and oxygen atoms in total. The molecular weight excluding hydrogens is 317 g/mol. The lowest BCUT2D eigenvalue weighted by Crippen LogP contribution is -2.58. The Bertz CT molecular complexity index is 752. The number of hydrogen-bond acceptors (Lipinski definition) is 3. The molecule has 2 atom stereocenters. The fraction of sp³-hybridized carbons (Fsp3) is 0.400. The normalized spacial score (nSPS) is 23.7. The van der Waals surface area contributed by atoms with E-state index in [1.165, 1.54) is 12.1 Å². The fourth-order valence-corrected chi connectivity index (χ4v) is 4.04. The van der Waals surface area contributed by atoms with Gasteiger partial charge in [-0.05, 0) is 54.6 Å². The minimum atomic E-state index is -0.250. The average Bonchev–Trinajstić information content (AvgIpc) is 2.62. The fourth-order valence-electron chi connectivity index (χ4n) is 4.04. The number of amides is 1. The van der Waals surface area contributed by atoms with Crippen molar-refractivity contribution in [3.63, 3.8) is 0 Å². The molecule has 0 unspecified atom stereocenters. The van der Waals surface area contributed by atoms with Crippen LogP contribution in [0.25, 0.3) is 0 Å². The zero-order chi connectivity index (χ0) is 17.2. The molecule has 1 amide bonds. The van der Waals surface area contributed by atoms with Crippen LogP contribution in [0.1, 0.15) is 24.0 Å². The van der Waals surface area contributed by atoms with Gasteiger partial charge in [-0.2, -0.15) is 0 Å². The second-order valence-electron chi connectivity index (χ2n) is 7.09. The van der Waals surface area contributed by atoms with Gasteiger partial charge < -0.3 is 4.90 Å². The molecule has 5 heteroatoms. The number of carbonyl (C=O) groups is 1. The van der Waals surface area contributed by atoms with Crippen molar-refractivity contribution in [2.45, 2.75) is 32.0 Å². The minimum absolute atomic E-state index is 0.0683. The molecule has 0 radical (unpaired) electrons. The first kappa shape index (κ1) is 16.2. The Labute approximate surface area is 147 Å². The van der Waals surface area contributed by atoms with Crippen molar-refractivity contribution >= 4 is 5.91 Å². The molecule has 0 N–H and O–H groups in total. The van der Waals surface area contributed by atoms with Crippen LogP contribution in [0.15, 0.2) is 48.8 Å². The highest BCUT2D eigenvalue weighted by atomic mass is 19.1. The SMILES string of the molecule is O=C1[C@H]2C[C@H](CCN2Cc2cccnc2)CN1Cc1cccc(F)c1. The van der Waals surface area contributed by atoms with Crippen molar-refractivity contribution in [3.05, 3.63) is 65.7 Å². The zero-order valence-electron chi connectivity index (χ0n) is 14.1. The van der Waals surface area contributed by atoms with Crippen LogP contribution >= 0.6 is 0 Å². The molecule has 25 heavy (non-hydrogen) atoms. The highest BCUT2D eigenvalue weighted by molar-refractivity contribution is 5.83. The van der Waals surface area contributed by atoms with Crippen LogP contribution in [0.3, 0.4) is 0 Å². The number of nitrogens with zero attached hydrogens (tertiary/aromatic N) is 3. The smallest absolute Gasteiger partial charge is 0.240 e. The maximum Gasteiger partial charge on any atom is 0.240 e. The van der Waals surface area contributed by atoms with E-state index in [1.807, 2.05) is 23.2 Å². The first-order chi connectivity index (χ1) is 12.2. The molecule has 0 aliphatic carbocycles. The Hall–Kier alpha value is -2.27. The number of piperidine rings is 2. The van der Waals surface area contributed by atoms with E-state index >= 15 is 0 Å². The second-order valence-corrected chi connectivity index (χ2v) is 7.09. The van der Waals surface area contributed by atoms with Crippen LogP contribution in [-0.2, 0) is 17.9 Å². The second kappa shape index (κ2) is 6.92. The number of fused-ring (bicyclic) bond motifs is 2. The quantitative estimate of drug-likeness (QED) is 0.859. The van der Waals surface area contributed by atoms with Gasteiger partial charge in [0.2, 0.25) is 5.91 Å². The average molecular weight is 339 g/mol. The monoisotopic (exact) mass is 339 g/mol. The Kier molecular flexibility index (Phi) is 4.49. The van der Waals surface area contributed by atoms with Crippen molar-refractivity contribution in [1.29, 1.82) is 0 Å². The highest BCUT2D eigenvalue weighted by Crippen LogP contribution is 2.31. The summed E-state index contributed by atoms with van der Waals surface area (Å²) in [6.45, 7) is 2.98. The van der Waals surface area contributed by atoms with E-state index in [0.29, 0.717) is 12.5 Å². The lowest BCUT2D eigenvalue weighted by Gasteiger charge is -2.46. The number of rotatable bonds is 4. The van der Waals surface area contributed by atoms with Crippen molar-refractivity contribution in [2.24, 2.45) is 5.92 Å². The summed E-state index contributed by atoms with van der Waals surface area (Å²) in [7, 11) is 0. The Morgan fingerprint density at radius 3 is 2.84 bits per heavy atom. The van der Waals surface area contributed by atoms with E-state index in [2.05, 4.69) is 16.0 Å². The third kappa shape index (κ3) is 3.56. The number of likely N-dealkylation sites (tertiary alicyclic amines) is 2. The molecule has 2 bridgehead atoms. The number of aromatic nitrogens is 1. The molecule has 2 aromatic rings. The molecule has 2 saturated heterocycles. The zero-order valence-corrected chi connectivity index (χ0v) is 14.1. The van der Waals surface area contributed by atoms with E-state index < -0.39 is 0 Å². The van der Waals surface area contributed by atoms with Gasteiger partial charge in [-0.25, -0.2) is 4.39 Å². The summed E-state index contributed by atoms with van der Waals surface area (Å²) in [5.41, 5.74) is 1.99. The number of pyridine rings is 1. The van der Waals surface area contributed by atoms with Gasteiger partial charge in [-0.1, -0.05) is 18.2 Å². The maximum atomic E-state index is 13.4. The first-order valence-electron chi connectivity index (χ1n) is 8.85. The van der Waals surface area contributed by atoms with Gasteiger partial charge in [-0.15, -0.1) is 0 Å². The molecule has 3 heterocycles. The Balaban J connectivity index is 1.49. The van der Waals surface area contributed by atoms with Crippen LogP contribution < -0.4 is 0 Å². The third-order valence-electron chi connectivity index (χ3n) is 5.27. The van der Waals surface area contributed by atoms with Gasteiger partial charge in [0, 0.05) is 32.0 Å². The van der Waals surface area contributed by atoms with Crippen LogP contribution in [0.5, 0.6) is 0 Å². The molecule has 1 aromatic heterocycles. The molecule has 0 spiro atoms. The molecule has 4 rings (SSSR count). The molecule has 130 valence electrons. The van der Waals surface area contributed by atoms with Crippen LogP contribution in [-0.4, -0.2) is 39.8 Å². The molecule has 1 aromatic carbocycles. The molecule has 0 saturated carbocycles. The summed E-state index contributed by atoms with van der Waals surface area (Å²) < 4.78 is 13.4. The largest absolute Gasteiger partial charge is 0.337 e. The summed E-state index contributed by atoms with van der Waals surface area (Å²) >= 11 is 0. The molecule has 2 aliphatic heterocycles. The molecule has 2 aliphatic rings. The lowest BCUT2D eigenvalue weighted by molar-refractivity contribution is -0.146. The number of benzene rings is 1. The number of hydrogen-bond donors (Lipinski definition) is 0. The van der Waals surface area contributed by atoms with Crippen molar-refractivity contribution in [2.75, 3.05) is 13.1 Å². The van der Waals surface area contributed by atoms with Gasteiger partial charge >= 0.3 is 0 Å². The van der Waals surface area contributed by atoms with Gasteiger partial charge in [-0.3, -0.25) is 14.7 Å². The van der Waals surface area contributed by atoms with Crippen molar-refractivity contribution in [1.82, 2.24) is 14.8 Å². The Morgan fingerprint density at radius 1 is 1.16 bits per heavy atom. The van der Waals surface area contributed by atoms with Crippen molar-refractivity contribution < 1.29 is 9.18 Å². The van der Waals surface area contributed by atoms with Crippen LogP contribution in [0.2, 0.25) is 0 Å². The van der Waals surface area contributed by atoms with E-state index in [1.54, 1.807) is 12.3 Å². The predicted octanol–water partition coefficient (Wildman–Crippen LogP) is 2.84. The van der Waals surface area contributed by atoms with Crippen molar-refractivity contribution in [3.8, 4) is 0 Å².